The summed E-state index contributed by atoms with van der Waals surface area (Å²) in [6.45, 7) is -0.325. The Bertz CT molecular complexity index is 1220. The van der Waals surface area contributed by atoms with Crippen LogP contribution in [0.25, 0.3) is 0 Å². The number of hydrogen-bond acceptors (Lipinski definition) is 14. The van der Waals surface area contributed by atoms with Crippen LogP contribution in [0, 0.1) is 11.8 Å². The van der Waals surface area contributed by atoms with E-state index in [1.807, 2.05) is 0 Å². The van der Waals surface area contributed by atoms with E-state index in [-0.39, 0.29) is 53.6 Å². The average molecular weight is 597 g/mol. The number of hydrogen-bond donors (Lipinski definition) is 6. The number of fused-ring (bicyclic) bond motifs is 1. The van der Waals surface area contributed by atoms with Gasteiger partial charge in [-0.3, -0.25) is 0 Å². The molecule has 0 spiro atoms. The van der Waals surface area contributed by atoms with E-state index in [4.69, 9.17) is 37.9 Å². The molecule has 14 nitrogen and oxygen atoms in total. The topological polar surface area (TPSA) is 195 Å². The Balaban J connectivity index is 1.43. The Kier molecular flexibility index (Phi) is 8.60. The van der Waals surface area contributed by atoms with Crippen LogP contribution in [0.3, 0.4) is 0 Å². The zero-order chi connectivity index (χ0) is 30.3. The fourth-order valence-corrected chi connectivity index (χ4v) is 5.81. The second-order valence-corrected chi connectivity index (χ2v) is 10.3. The molecule has 0 bridgehead atoms. The van der Waals surface area contributed by atoms with Crippen molar-refractivity contribution < 1.29 is 68.5 Å². The van der Waals surface area contributed by atoms with E-state index < -0.39 is 55.1 Å². The van der Waals surface area contributed by atoms with Crippen LogP contribution in [-0.2, 0) is 20.0 Å². The monoisotopic (exact) mass is 596 g/mol. The largest absolute Gasteiger partial charge is 0.502 e. The summed E-state index contributed by atoms with van der Waals surface area (Å²) in [6.07, 6.45) is -7.98. The maximum absolute atomic E-state index is 11.7. The molecular formula is C28H36O14. The summed E-state index contributed by atoms with van der Waals surface area (Å²) < 4.78 is 45.1. The van der Waals surface area contributed by atoms with Crippen molar-refractivity contribution in [1.82, 2.24) is 0 Å². The van der Waals surface area contributed by atoms with Crippen LogP contribution < -0.4 is 23.7 Å². The minimum atomic E-state index is -1.76. The van der Waals surface area contributed by atoms with E-state index in [1.54, 1.807) is 12.1 Å². The third-order valence-electron chi connectivity index (χ3n) is 8.15. The minimum Gasteiger partial charge on any atom is -0.502 e. The summed E-state index contributed by atoms with van der Waals surface area (Å²) in [5.41, 5.74) is 0.968. The van der Waals surface area contributed by atoms with Gasteiger partial charge in [-0.15, -0.1) is 0 Å². The first-order valence-corrected chi connectivity index (χ1v) is 13.3. The highest BCUT2D eigenvalue weighted by molar-refractivity contribution is 5.55. The molecule has 6 N–H and O–H groups in total. The van der Waals surface area contributed by atoms with Crippen LogP contribution in [-0.4, -0.2) is 110 Å². The van der Waals surface area contributed by atoms with Crippen molar-refractivity contribution >= 4 is 0 Å². The molecule has 0 aromatic heterocycles. The van der Waals surface area contributed by atoms with Crippen LogP contribution in [0.1, 0.15) is 17.2 Å². The van der Waals surface area contributed by atoms with Crippen LogP contribution >= 0.6 is 0 Å². The third-order valence-corrected chi connectivity index (χ3v) is 8.15. The molecule has 2 aromatic rings. The highest BCUT2D eigenvalue weighted by atomic mass is 16.7. The minimum absolute atomic E-state index is 0.0464. The van der Waals surface area contributed by atoms with Crippen molar-refractivity contribution in [3.8, 4) is 34.5 Å². The molecule has 3 saturated heterocycles. The highest BCUT2D eigenvalue weighted by Gasteiger charge is 2.57. The molecule has 5 rings (SSSR count). The number of aliphatic hydroxyl groups is 5. The molecular weight excluding hydrogens is 560 g/mol. The van der Waals surface area contributed by atoms with Crippen molar-refractivity contribution in [2.75, 3.05) is 48.3 Å². The lowest BCUT2D eigenvalue weighted by molar-refractivity contribution is -0.277. The normalized spacial score (nSPS) is 34.1. The van der Waals surface area contributed by atoms with Crippen molar-refractivity contribution in [2.24, 2.45) is 11.8 Å². The van der Waals surface area contributed by atoms with Gasteiger partial charge in [-0.05, 0) is 29.8 Å². The van der Waals surface area contributed by atoms with Gasteiger partial charge in [-0.2, -0.15) is 0 Å². The number of benzene rings is 2. The smallest absolute Gasteiger partial charge is 0.229 e. The summed E-state index contributed by atoms with van der Waals surface area (Å²) >= 11 is 0. The molecule has 3 aliphatic rings. The lowest BCUT2D eigenvalue weighted by Gasteiger charge is -2.39. The SMILES string of the molecule is COc1cc(C2(O)OCC3C(c4cc(OC)c(OC5OC(CO)C(O)C(O)C5O)c(OC)c4)OCC32)cc(OC)c1O. The lowest BCUT2D eigenvalue weighted by Crippen LogP contribution is -2.60. The number of ether oxygens (including phenoxy) is 8. The first-order chi connectivity index (χ1) is 20.1. The number of rotatable bonds is 9. The first kappa shape index (κ1) is 30.4. The van der Waals surface area contributed by atoms with Crippen LogP contribution in [0.5, 0.6) is 34.5 Å². The quantitative estimate of drug-likeness (QED) is 0.222. The van der Waals surface area contributed by atoms with E-state index in [1.165, 1.54) is 40.6 Å². The molecule has 14 heteroatoms. The van der Waals surface area contributed by atoms with E-state index in [2.05, 4.69) is 0 Å². The number of phenols is 1. The molecule has 2 aromatic carbocycles. The van der Waals surface area contributed by atoms with Crippen molar-refractivity contribution in [3.05, 3.63) is 35.4 Å². The molecule has 3 aliphatic heterocycles. The second kappa shape index (κ2) is 11.9. The van der Waals surface area contributed by atoms with Gasteiger partial charge in [-0.25, -0.2) is 0 Å². The maximum atomic E-state index is 11.7. The molecule has 0 radical (unpaired) electrons. The van der Waals surface area contributed by atoms with Gasteiger partial charge in [0.05, 0.1) is 54.4 Å². The molecule has 0 amide bonds. The predicted octanol–water partition coefficient (Wildman–Crippen LogP) is -0.216. The second-order valence-electron chi connectivity index (χ2n) is 10.3. The molecule has 0 aliphatic carbocycles. The van der Waals surface area contributed by atoms with Crippen LogP contribution in [0.4, 0.5) is 0 Å². The van der Waals surface area contributed by atoms with E-state index in [0.717, 1.165) is 0 Å². The maximum Gasteiger partial charge on any atom is 0.229 e. The summed E-state index contributed by atoms with van der Waals surface area (Å²) in [5.74, 6) is -2.09. The summed E-state index contributed by atoms with van der Waals surface area (Å²) in [6, 6.07) is 6.29. The Morgan fingerprint density at radius 3 is 1.98 bits per heavy atom. The van der Waals surface area contributed by atoms with Gasteiger partial charge >= 0.3 is 0 Å². The average Bonchev–Trinajstić information content (AvgIpc) is 3.58. The molecule has 9 atom stereocenters. The van der Waals surface area contributed by atoms with Crippen molar-refractivity contribution in [1.29, 1.82) is 0 Å². The highest BCUT2D eigenvalue weighted by Crippen LogP contribution is 2.55. The molecule has 3 heterocycles. The van der Waals surface area contributed by atoms with Gasteiger partial charge in [0.25, 0.3) is 0 Å². The van der Waals surface area contributed by atoms with Crippen molar-refractivity contribution in [2.45, 2.75) is 42.6 Å². The fraction of sp³-hybridized carbons (Fsp3) is 0.571. The Morgan fingerprint density at radius 2 is 1.43 bits per heavy atom. The van der Waals surface area contributed by atoms with Gasteiger partial charge in [-0.1, -0.05) is 0 Å². The zero-order valence-corrected chi connectivity index (χ0v) is 23.5. The number of aromatic hydroxyl groups is 1. The van der Waals surface area contributed by atoms with Gasteiger partial charge in [0.2, 0.25) is 17.8 Å². The van der Waals surface area contributed by atoms with Crippen LogP contribution in [0.2, 0.25) is 0 Å². The summed E-state index contributed by atoms with van der Waals surface area (Å²) in [7, 11) is 5.59. The number of aliphatic hydroxyl groups excluding tert-OH is 4. The Labute approximate surface area is 241 Å². The molecule has 9 unspecified atom stereocenters. The Hall–Kier alpha value is -3.08. The molecule has 3 fully saturated rings. The lowest BCUT2D eigenvalue weighted by atomic mass is 9.82. The van der Waals surface area contributed by atoms with E-state index in [9.17, 15) is 30.6 Å². The molecule has 0 saturated carbocycles. The first-order valence-electron chi connectivity index (χ1n) is 13.3. The van der Waals surface area contributed by atoms with Gasteiger partial charge < -0.3 is 68.5 Å². The number of methoxy groups -OCH3 is 4. The predicted molar refractivity (Wildman–Crippen MR) is 141 cm³/mol. The molecule has 232 valence electrons. The van der Waals surface area contributed by atoms with Gasteiger partial charge in [0, 0.05) is 17.4 Å². The number of phenolic OH excluding ortho intramolecular Hbond substituents is 1. The Morgan fingerprint density at radius 1 is 0.833 bits per heavy atom. The zero-order valence-electron chi connectivity index (χ0n) is 23.5. The molecule has 42 heavy (non-hydrogen) atoms. The summed E-state index contributed by atoms with van der Waals surface area (Å²) in [5, 5.41) is 62.2. The van der Waals surface area contributed by atoms with Crippen molar-refractivity contribution in [3.63, 3.8) is 0 Å². The fourth-order valence-electron chi connectivity index (χ4n) is 5.81. The van der Waals surface area contributed by atoms with E-state index in [0.29, 0.717) is 11.1 Å². The van der Waals surface area contributed by atoms with Crippen LogP contribution in [0.15, 0.2) is 24.3 Å². The standard InChI is InChI=1S/C28H36O14/c1-35-16-7-13(8-17(36-2)21(16)30)28(34)15-11-39-25(14(15)10-40-28)12-5-18(37-3)26(19(6-12)38-4)42-27-24(33)23(32)22(31)20(9-29)41-27/h5-8,14-15,20,22-25,27,29-34H,9-11H2,1-4H3. The van der Waals surface area contributed by atoms with Gasteiger partial charge in [0.1, 0.15) is 24.4 Å². The van der Waals surface area contributed by atoms with Gasteiger partial charge in [0.15, 0.2) is 28.8 Å². The van der Waals surface area contributed by atoms with E-state index >= 15 is 0 Å². The third kappa shape index (κ3) is 4.97. The summed E-state index contributed by atoms with van der Waals surface area (Å²) in [4.78, 5) is 0.